The van der Waals surface area contributed by atoms with Gasteiger partial charge in [-0.15, -0.1) is 10.2 Å². The van der Waals surface area contributed by atoms with Crippen molar-refractivity contribution in [3.8, 4) is 5.75 Å². The Labute approximate surface area is 123 Å². The fourth-order valence-corrected chi connectivity index (χ4v) is 2.22. The lowest BCUT2D eigenvalue weighted by molar-refractivity contribution is 0.102. The van der Waals surface area contributed by atoms with Gasteiger partial charge in [0.1, 0.15) is 10.8 Å². The van der Waals surface area contributed by atoms with Crippen LogP contribution in [0, 0.1) is 11.6 Å². The minimum absolute atomic E-state index is 0.0585. The van der Waals surface area contributed by atoms with Crippen molar-refractivity contribution in [2.75, 3.05) is 5.32 Å². The number of anilines is 1. The van der Waals surface area contributed by atoms with E-state index in [0.717, 1.165) is 17.4 Å². The van der Waals surface area contributed by atoms with E-state index in [0.29, 0.717) is 11.1 Å². The number of nitrogens with one attached hydrogen (secondary N) is 1. The monoisotopic (exact) mass is 313 g/mol. The van der Waals surface area contributed by atoms with Crippen LogP contribution in [0.5, 0.6) is 5.75 Å². The molecule has 5 nitrogen and oxygen atoms in total. The Morgan fingerprint density at radius 2 is 1.90 bits per heavy atom. The van der Waals surface area contributed by atoms with Crippen LogP contribution in [0.15, 0.2) is 12.1 Å². The van der Waals surface area contributed by atoms with Gasteiger partial charge in [-0.05, 0) is 0 Å². The zero-order chi connectivity index (χ0) is 15.8. The minimum Gasteiger partial charge on any atom is -0.505 e. The number of amides is 1. The summed E-state index contributed by atoms with van der Waals surface area (Å²) in [5.74, 6) is -3.51. The lowest BCUT2D eigenvalue weighted by atomic mass is 9.98. The Morgan fingerprint density at radius 3 is 2.48 bits per heavy atom. The first-order valence-electron chi connectivity index (χ1n) is 6.02. The molecule has 1 aromatic heterocycles. The molecule has 0 aliphatic heterocycles. The molecule has 2 N–H and O–H groups in total. The number of carbonyl (C=O) groups excluding carboxylic acids is 1. The number of carbonyl (C=O) groups is 1. The zero-order valence-corrected chi connectivity index (χ0v) is 12.4. The third-order valence-corrected chi connectivity index (χ3v) is 3.89. The summed E-state index contributed by atoms with van der Waals surface area (Å²) in [6.07, 6.45) is 0. The summed E-state index contributed by atoms with van der Waals surface area (Å²) in [5, 5.41) is 19.8. The van der Waals surface area contributed by atoms with Crippen LogP contribution in [0.4, 0.5) is 14.5 Å². The van der Waals surface area contributed by atoms with Crippen LogP contribution in [0.2, 0.25) is 0 Å². The molecule has 2 rings (SSSR count). The quantitative estimate of drug-likeness (QED) is 0.893. The maximum atomic E-state index is 13.5. The van der Waals surface area contributed by atoms with E-state index in [1.807, 2.05) is 20.8 Å². The maximum absolute atomic E-state index is 13.5. The number of nitrogens with zero attached hydrogens (tertiary/aromatic N) is 2. The Kier molecular flexibility index (Phi) is 3.91. The van der Waals surface area contributed by atoms with Crippen molar-refractivity contribution < 1.29 is 18.7 Å². The van der Waals surface area contributed by atoms with Crippen LogP contribution < -0.4 is 5.32 Å². The highest BCUT2D eigenvalue weighted by molar-refractivity contribution is 7.13. The number of halogens is 2. The Bertz CT molecular complexity index is 695. The molecule has 0 fully saturated rings. The molecule has 0 aliphatic carbocycles. The van der Waals surface area contributed by atoms with Crippen LogP contribution in [-0.4, -0.2) is 21.2 Å². The second-order valence-electron chi connectivity index (χ2n) is 5.40. The van der Waals surface area contributed by atoms with Gasteiger partial charge in [-0.2, -0.15) is 0 Å². The summed E-state index contributed by atoms with van der Waals surface area (Å²) in [5.41, 5.74) is -0.582. The summed E-state index contributed by atoms with van der Waals surface area (Å²) in [4.78, 5) is 12.0. The fraction of sp³-hybridized carbons (Fsp3) is 0.308. The topological polar surface area (TPSA) is 75.1 Å². The third kappa shape index (κ3) is 3.33. The second kappa shape index (κ2) is 5.36. The molecule has 0 saturated heterocycles. The number of hydrogen-bond donors (Lipinski definition) is 2. The molecule has 0 saturated carbocycles. The second-order valence-corrected chi connectivity index (χ2v) is 6.38. The van der Waals surface area contributed by atoms with Gasteiger partial charge in [0.05, 0.1) is 5.69 Å². The Balaban J connectivity index is 2.22. The van der Waals surface area contributed by atoms with Crippen molar-refractivity contribution in [1.29, 1.82) is 0 Å². The summed E-state index contributed by atoms with van der Waals surface area (Å²) in [7, 11) is 0. The Morgan fingerprint density at radius 1 is 1.24 bits per heavy atom. The van der Waals surface area contributed by atoms with E-state index < -0.39 is 23.3 Å². The van der Waals surface area contributed by atoms with Crippen molar-refractivity contribution >= 4 is 22.9 Å². The first-order valence-corrected chi connectivity index (χ1v) is 6.83. The molecule has 2 aromatic rings. The van der Waals surface area contributed by atoms with Crippen LogP contribution >= 0.6 is 11.3 Å². The van der Waals surface area contributed by atoms with Crippen molar-refractivity contribution in [2.24, 2.45) is 0 Å². The highest BCUT2D eigenvalue weighted by Crippen LogP contribution is 2.27. The molecule has 112 valence electrons. The van der Waals surface area contributed by atoms with E-state index in [2.05, 4.69) is 15.5 Å². The number of phenolic OH excluding ortho intramolecular Hbond substituents is 1. The SMILES string of the molecule is CC(C)(C)c1nnc(C(=O)Nc2cc(O)c(F)cc2F)s1. The van der Waals surface area contributed by atoms with Gasteiger partial charge in [-0.3, -0.25) is 4.79 Å². The van der Waals surface area contributed by atoms with Crippen molar-refractivity contribution in [1.82, 2.24) is 10.2 Å². The predicted octanol–water partition coefficient (Wildman–Crippen LogP) is 3.07. The lowest BCUT2D eigenvalue weighted by Crippen LogP contribution is -2.13. The number of benzene rings is 1. The smallest absolute Gasteiger partial charge is 0.286 e. The summed E-state index contributed by atoms with van der Waals surface area (Å²) in [6.45, 7) is 5.77. The molecule has 1 amide bonds. The van der Waals surface area contributed by atoms with Gasteiger partial charge in [0.15, 0.2) is 11.6 Å². The standard InChI is InChI=1S/C13H13F2N3O2S/c1-13(2,3)12-18-17-11(21-12)10(20)16-8-5-9(19)7(15)4-6(8)14/h4-5,19H,1-3H3,(H,16,20). The number of aromatic nitrogens is 2. The third-order valence-electron chi connectivity index (χ3n) is 2.55. The largest absolute Gasteiger partial charge is 0.505 e. The summed E-state index contributed by atoms with van der Waals surface area (Å²) < 4.78 is 26.4. The molecule has 1 heterocycles. The van der Waals surface area contributed by atoms with Crippen molar-refractivity contribution in [3.63, 3.8) is 0 Å². The van der Waals surface area contributed by atoms with E-state index >= 15 is 0 Å². The van der Waals surface area contributed by atoms with Gasteiger partial charge in [0, 0.05) is 17.5 Å². The molecule has 1 aromatic carbocycles. The van der Waals surface area contributed by atoms with Crippen molar-refractivity contribution in [3.05, 3.63) is 33.8 Å². The lowest BCUT2D eigenvalue weighted by Gasteiger charge is -2.12. The normalized spacial score (nSPS) is 11.5. The van der Waals surface area contributed by atoms with E-state index in [1.54, 1.807) is 0 Å². The predicted molar refractivity (Wildman–Crippen MR) is 74.6 cm³/mol. The first kappa shape index (κ1) is 15.3. The zero-order valence-electron chi connectivity index (χ0n) is 11.6. The number of hydrogen-bond acceptors (Lipinski definition) is 5. The highest BCUT2D eigenvalue weighted by Gasteiger charge is 2.22. The highest BCUT2D eigenvalue weighted by atomic mass is 32.1. The summed E-state index contributed by atoms with van der Waals surface area (Å²) >= 11 is 1.09. The molecule has 0 bridgehead atoms. The minimum atomic E-state index is -1.10. The molecule has 0 aliphatic rings. The molecular formula is C13H13F2N3O2S. The summed E-state index contributed by atoms with van der Waals surface area (Å²) in [6, 6.07) is 1.29. The fourth-order valence-electron chi connectivity index (χ4n) is 1.43. The average molecular weight is 313 g/mol. The van der Waals surface area contributed by atoms with E-state index in [-0.39, 0.29) is 16.1 Å². The Hall–Kier alpha value is -2.09. The van der Waals surface area contributed by atoms with E-state index in [1.165, 1.54) is 0 Å². The van der Waals surface area contributed by atoms with Gasteiger partial charge in [-0.25, -0.2) is 8.78 Å². The molecule has 8 heteroatoms. The first-order chi connectivity index (χ1) is 9.68. The van der Waals surface area contributed by atoms with Crippen LogP contribution in [0.25, 0.3) is 0 Å². The maximum Gasteiger partial charge on any atom is 0.286 e. The molecule has 0 unspecified atom stereocenters. The van der Waals surface area contributed by atoms with Gasteiger partial charge >= 0.3 is 0 Å². The van der Waals surface area contributed by atoms with Gasteiger partial charge in [-0.1, -0.05) is 32.1 Å². The number of phenols is 1. The van der Waals surface area contributed by atoms with Gasteiger partial charge < -0.3 is 10.4 Å². The van der Waals surface area contributed by atoms with Crippen LogP contribution in [-0.2, 0) is 5.41 Å². The van der Waals surface area contributed by atoms with E-state index in [4.69, 9.17) is 0 Å². The van der Waals surface area contributed by atoms with Gasteiger partial charge in [0.25, 0.3) is 5.91 Å². The molecule has 0 spiro atoms. The molecule has 0 atom stereocenters. The molecule has 0 radical (unpaired) electrons. The van der Waals surface area contributed by atoms with Crippen LogP contribution in [0.1, 0.15) is 35.6 Å². The van der Waals surface area contributed by atoms with E-state index in [9.17, 15) is 18.7 Å². The number of rotatable bonds is 2. The van der Waals surface area contributed by atoms with Crippen LogP contribution in [0.3, 0.4) is 0 Å². The molecular weight excluding hydrogens is 300 g/mol. The number of aromatic hydroxyl groups is 1. The molecule has 21 heavy (non-hydrogen) atoms. The van der Waals surface area contributed by atoms with Crippen molar-refractivity contribution in [2.45, 2.75) is 26.2 Å². The average Bonchev–Trinajstić information content (AvgIpc) is 2.85. The van der Waals surface area contributed by atoms with Gasteiger partial charge in [0.2, 0.25) is 5.01 Å².